The zero-order chi connectivity index (χ0) is 14.2. The van der Waals surface area contributed by atoms with Crippen molar-refractivity contribution < 1.29 is 0 Å². The molecule has 0 amide bonds. The number of hydrogen-bond donors (Lipinski definition) is 1. The van der Waals surface area contributed by atoms with E-state index >= 15 is 0 Å². The summed E-state index contributed by atoms with van der Waals surface area (Å²) in [4.78, 5) is 4.48. The van der Waals surface area contributed by atoms with Gasteiger partial charge in [-0.1, -0.05) is 24.8 Å². The van der Waals surface area contributed by atoms with Crippen LogP contribution in [0.1, 0.15) is 24.7 Å². The number of nitrogens with one attached hydrogen (secondary N) is 1. The van der Waals surface area contributed by atoms with Crippen LogP contribution in [0.5, 0.6) is 0 Å². The molecule has 0 saturated heterocycles. The predicted molar refractivity (Wildman–Crippen MR) is 79.5 cm³/mol. The topological polar surface area (TPSA) is 68.5 Å². The highest BCUT2D eigenvalue weighted by atomic mass is 32.2. The van der Waals surface area contributed by atoms with E-state index in [0.717, 1.165) is 48.4 Å². The lowest BCUT2D eigenvalue weighted by atomic mass is 10.3. The van der Waals surface area contributed by atoms with Crippen LogP contribution in [0.4, 0.5) is 0 Å². The van der Waals surface area contributed by atoms with Gasteiger partial charge < -0.3 is 5.32 Å². The summed E-state index contributed by atoms with van der Waals surface area (Å²) in [5, 5.41) is 16.0. The molecule has 2 aromatic rings. The molecule has 0 bridgehead atoms. The zero-order valence-corrected chi connectivity index (χ0v) is 12.7. The first-order valence-corrected chi connectivity index (χ1v) is 7.80. The molecular formula is C13H20N6S. The van der Waals surface area contributed by atoms with Crippen molar-refractivity contribution in [3.8, 4) is 0 Å². The van der Waals surface area contributed by atoms with E-state index in [1.165, 1.54) is 0 Å². The maximum Gasteiger partial charge on any atom is 0.209 e. The van der Waals surface area contributed by atoms with Crippen LogP contribution in [0, 0.1) is 6.92 Å². The van der Waals surface area contributed by atoms with Gasteiger partial charge in [0, 0.05) is 18.0 Å². The average molecular weight is 292 g/mol. The van der Waals surface area contributed by atoms with E-state index in [-0.39, 0.29) is 0 Å². The number of nitrogens with zero attached hydrogens (tertiary/aromatic N) is 5. The molecule has 0 fully saturated rings. The van der Waals surface area contributed by atoms with Gasteiger partial charge >= 0.3 is 0 Å². The Balaban J connectivity index is 1.85. The van der Waals surface area contributed by atoms with Crippen LogP contribution in [0.3, 0.4) is 0 Å². The van der Waals surface area contributed by atoms with Gasteiger partial charge in [-0.2, -0.15) is 0 Å². The Bertz CT molecular complexity index is 527. The molecule has 1 N–H and O–H groups in total. The molecule has 0 saturated carbocycles. The van der Waals surface area contributed by atoms with Gasteiger partial charge in [-0.25, -0.2) is 4.68 Å². The summed E-state index contributed by atoms with van der Waals surface area (Å²) in [6, 6.07) is 6.05. The van der Waals surface area contributed by atoms with Crippen molar-refractivity contribution in [2.45, 2.75) is 37.7 Å². The second kappa shape index (κ2) is 7.96. The fraction of sp³-hybridized carbons (Fsp3) is 0.538. The number of thioether (sulfide) groups is 1. The molecule has 6 nitrogen and oxygen atoms in total. The van der Waals surface area contributed by atoms with E-state index in [4.69, 9.17) is 0 Å². The van der Waals surface area contributed by atoms with Gasteiger partial charge in [0.15, 0.2) is 0 Å². The number of aromatic nitrogens is 5. The number of rotatable bonds is 8. The summed E-state index contributed by atoms with van der Waals surface area (Å²) in [7, 11) is 0. The largest absolute Gasteiger partial charge is 0.315 e. The molecule has 0 aliphatic heterocycles. The monoisotopic (exact) mass is 292 g/mol. The second-order valence-corrected chi connectivity index (χ2v) is 5.44. The second-order valence-electron chi connectivity index (χ2n) is 4.49. The quantitative estimate of drug-likeness (QED) is 0.589. The minimum absolute atomic E-state index is 0.782. The molecule has 0 aliphatic carbocycles. The molecule has 7 heteroatoms. The van der Waals surface area contributed by atoms with E-state index in [1.807, 2.05) is 29.8 Å². The first-order chi connectivity index (χ1) is 9.79. The van der Waals surface area contributed by atoms with Crippen molar-refractivity contribution >= 4 is 11.8 Å². The zero-order valence-electron chi connectivity index (χ0n) is 11.9. The fourth-order valence-electron chi connectivity index (χ4n) is 1.75. The van der Waals surface area contributed by atoms with Crippen molar-refractivity contribution in [3.05, 3.63) is 29.6 Å². The maximum absolute atomic E-state index is 4.48. The average Bonchev–Trinajstić information content (AvgIpc) is 2.89. The number of hydrogen-bond acceptors (Lipinski definition) is 6. The lowest BCUT2D eigenvalue weighted by Crippen LogP contribution is -2.21. The van der Waals surface area contributed by atoms with Crippen LogP contribution in [0.15, 0.2) is 23.4 Å². The van der Waals surface area contributed by atoms with Crippen molar-refractivity contribution in [1.82, 2.24) is 30.5 Å². The Morgan fingerprint density at radius 1 is 1.30 bits per heavy atom. The Hall–Kier alpha value is -1.47. The highest BCUT2D eigenvalue weighted by Gasteiger charge is 2.07. The van der Waals surface area contributed by atoms with Gasteiger partial charge in [0.1, 0.15) is 0 Å². The molecule has 0 unspecified atom stereocenters. The molecule has 0 radical (unpaired) electrons. The van der Waals surface area contributed by atoms with Crippen LogP contribution >= 0.6 is 11.8 Å². The normalized spacial score (nSPS) is 10.9. The van der Waals surface area contributed by atoms with Crippen molar-refractivity contribution in [2.75, 3.05) is 13.1 Å². The molecule has 20 heavy (non-hydrogen) atoms. The SMILES string of the molecule is CCCNCCn1nnnc1SCc1cccc(C)n1. The van der Waals surface area contributed by atoms with Crippen molar-refractivity contribution in [3.63, 3.8) is 0 Å². The molecule has 2 rings (SSSR count). The summed E-state index contributed by atoms with van der Waals surface area (Å²) in [6.07, 6.45) is 1.14. The third kappa shape index (κ3) is 4.57. The number of tetrazole rings is 1. The summed E-state index contributed by atoms with van der Waals surface area (Å²) < 4.78 is 1.84. The molecule has 0 aromatic carbocycles. The van der Waals surface area contributed by atoms with Crippen molar-refractivity contribution in [1.29, 1.82) is 0 Å². The van der Waals surface area contributed by atoms with E-state index < -0.39 is 0 Å². The predicted octanol–water partition coefficient (Wildman–Crippen LogP) is 1.67. The Kier molecular flexibility index (Phi) is 5.94. The van der Waals surface area contributed by atoms with Gasteiger partial charge in [-0.05, 0) is 42.4 Å². The van der Waals surface area contributed by atoms with Crippen LogP contribution < -0.4 is 5.32 Å². The smallest absolute Gasteiger partial charge is 0.209 e. The van der Waals surface area contributed by atoms with Gasteiger partial charge in [0.2, 0.25) is 5.16 Å². The van der Waals surface area contributed by atoms with Gasteiger partial charge in [0.05, 0.1) is 12.2 Å². The minimum atomic E-state index is 0.782. The molecule has 0 atom stereocenters. The minimum Gasteiger partial charge on any atom is -0.315 e. The maximum atomic E-state index is 4.48. The van der Waals surface area contributed by atoms with Crippen LogP contribution in [-0.2, 0) is 12.3 Å². The Labute approximate surface area is 123 Å². The third-order valence-electron chi connectivity index (χ3n) is 2.72. The van der Waals surface area contributed by atoms with Gasteiger partial charge in [-0.3, -0.25) is 4.98 Å². The molecule has 2 heterocycles. The Morgan fingerprint density at radius 3 is 3.00 bits per heavy atom. The summed E-state index contributed by atoms with van der Waals surface area (Å²) >= 11 is 1.62. The fourth-order valence-corrected chi connectivity index (χ4v) is 2.55. The number of aryl methyl sites for hydroxylation is 1. The standard InChI is InChI=1S/C13H20N6S/c1-3-7-14-8-9-19-13(16-17-18-19)20-10-12-6-4-5-11(2)15-12/h4-6,14H,3,7-10H2,1-2H3. The van der Waals surface area contributed by atoms with Gasteiger partial charge in [0.25, 0.3) is 0 Å². The summed E-state index contributed by atoms with van der Waals surface area (Å²) in [5.41, 5.74) is 2.08. The van der Waals surface area contributed by atoms with Crippen LogP contribution in [0.25, 0.3) is 0 Å². The third-order valence-corrected chi connectivity index (χ3v) is 3.71. The molecule has 2 aromatic heterocycles. The molecule has 0 spiro atoms. The van der Waals surface area contributed by atoms with Crippen LogP contribution in [-0.4, -0.2) is 38.3 Å². The summed E-state index contributed by atoms with van der Waals surface area (Å²) in [6.45, 7) is 6.85. The first kappa shape index (κ1) is 14.9. The highest BCUT2D eigenvalue weighted by Crippen LogP contribution is 2.18. The van der Waals surface area contributed by atoms with E-state index in [2.05, 4.69) is 32.7 Å². The van der Waals surface area contributed by atoms with Crippen LogP contribution in [0.2, 0.25) is 0 Å². The molecule has 108 valence electrons. The Morgan fingerprint density at radius 2 is 2.20 bits per heavy atom. The van der Waals surface area contributed by atoms with Crippen molar-refractivity contribution in [2.24, 2.45) is 0 Å². The van der Waals surface area contributed by atoms with Gasteiger partial charge in [-0.15, -0.1) is 5.10 Å². The number of pyridine rings is 1. The van der Waals surface area contributed by atoms with E-state index in [9.17, 15) is 0 Å². The first-order valence-electron chi connectivity index (χ1n) is 6.82. The van der Waals surface area contributed by atoms with E-state index in [0.29, 0.717) is 0 Å². The summed E-state index contributed by atoms with van der Waals surface area (Å²) in [5.74, 6) is 0.782. The highest BCUT2D eigenvalue weighted by molar-refractivity contribution is 7.98. The molecule has 0 aliphatic rings. The lowest BCUT2D eigenvalue weighted by molar-refractivity contribution is 0.510. The lowest BCUT2D eigenvalue weighted by Gasteiger charge is -2.05. The van der Waals surface area contributed by atoms with E-state index in [1.54, 1.807) is 11.8 Å². The molecular weight excluding hydrogens is 272 g/mol.